The van der Waals surface area contributed by atoms with Gasteiger partial charge in [0.25, 0.3) is 5.91 Å². The van der Waals surface area contributed by atoms with Crippen molar-refractivity contribution >= 4 is 33.7 Å². The molecule has 0 saturated heterocycles. The van der Waals surface area contributed by atoms with Crippen LogP contribution in [0.15, 0.2) is 47.2 Å². The fraction of sp³-hybridized carbons (Fsp3) is 0.222. The topological polar surface area (TPSA) is 33.2 Å². The Labute approximate surface area is 144 Å². The van der Waals surface area contributed by atoms with Crippen molar-refractivity contribution in [3.63, 3.8) is 0 Å². The molecule has 0 aliphatic rings. The second-order valence-corrected chi connectivity index (χ2v) is 7.10. The second kappa shape index (κ2) is 7.06. The van der Waals surface area contributed by atoms with Gasteiger partial charge in [-0.25, -0.2) is 4.98 Å². The van der Waals surface area contributed by atoms with Crippen molar-refractivity contribution in [2.45, 2.75) is 20.3 Å². The van der Waals surface area contributed by atoms with E-state index < -0.39 is 0 Å². The first-order valence-electron chi connectivity index (χ1n) is 7.57. The number of carbonyl (C=O) groups is 1. The molecule has 118 valence electrons. The van der Waals surface area contributed by atoms with Crippen molar-refractivity contribution in [3.8, 4) is 11.3 Å². The van der Waals surface area contributed by atoms with Gasteiger partial charge in [-0.3, -0.25) is 9.69 Å². The Hall–Kier alpha value is -1.98. The minimum absolute atomic E-state index is 0.0339. The molecule has 0 radical (unpaired) electrons. The number of thiophene rings is 1. The molecule has 23 heavy (non-hydrogen) atoms. The molecule has 3 nitrogen and oxygen atoms in total. The van der Waals surface area contributed by atoms with Gasteiger partial charge in [-0.2, -0.15) is 0 Å². The highest BCUT2D eigenvalue weighted by Gasteiger charge is 2.21. The summed E-state index contributed by atoms with van der Waals surface area (Å²) < 4.78 is 0. The lowest BCUT2D eigenvalue weighted by Crippen LogP contribution is -2.30. The highest BCUT2D eigenvalue weighted by atomic mass is 32.1. The molecule has 3 aromatic rings. The molecule has 2 heterocycles. The van der Waals surface area contributed by atoms with Crippen LogP contribution in [0.2, 0.25) is 0 Å². The van der Waals surface area contributed by atoms with Gasteiger partial charge < -0.3 is 0 Å². The van der Waals surface area contributed by atoms with E-state index in [0.717, 1.165) is 27.7 Å². The summed E-state index contributed by atoms with van der Waals surface area (Å²) in [7, 11) is 0. The van der Waals surface area contributed by atoms with Crippen LogP contribution in [0.4, 0.5) is 5.13 Å². The first-order chi connectivity index (χ1) is 11.2. The monoisotopic (exact) mass is 342 g/mol. The van der Waals surface area contributed by atoms with Gasteiger partial charge in [-0.05, 0) is 24.8 Å². The van der Waals surface area contributed by atoms with Gasteiger partial charge in [-0.1, -0.05) is 42.8 Å². The van der Waals surface area contributed by atoms with Gasteiger partial charge in [0, 0.05) is 17.5 Å². The molecular formula is C18H18N2OS2. The van der Waals surface area contributed by atoms with Gasteiger partial charge in [-0.15, -0.1) is 22.7 Å². The van der Waals surface area contributed by atoms with E-state index >= 15 is 0 Å². The summed E-state index contributed by atoms with van der Waals surface area (Å²) in [6.45, 7) is 4.82. The number of hydrogen-bond acceptors (Lipinski definition) is 4. The summed E-state index contributed by atoms with van der Waals surface area (Å²) in [6, 6.07) is 12.1. The van der Waals surface area contributed by atoms with Crippen LogP contribution in [0.5, 0.6) is 0 Å². The van der Waals surface area contributed by atoms with Crippen molar-refractivity contribution in [1.29, 1.82) is 0 Å². The number of hydrogen-bond donors (Lipinski definition) is 0. The Bertz CT molecular complexity index is 776. The number of amides is 1. The van der Waals surface area contributed by atoms with Gasteiger partial charge in [0.2, 0.25) is 0 Å². The van der Waals surface area contributed by atoms with Crippen LogP contribution in [-0.2, 0) is 0 Å². The first-order valence-corrected chi connectivity index (χ1v) is 9.33. The third-order valence-corrected chi connectivity index (χ3v) is 5.22. The minimum Gasteiger partial charge on any atom is -0.283 e. The molecule has 0 aliphatic heterocycles. The number of benzene rings is 1. The average molecular weight is 342 g/mol. The van der Waals surface area contributed by atoms with Crippen molar-refractivity contribution in [2.24, 2.45) is 0 Å². The smallest absolute Gasteiger partial charge is 0.270 e. The first kappa shape index (κ1) is 15.9. The lowest BCUT2D eigenvalue weighted by atomic mass is 10.1. The van der Waals surface area contributed by atoms with Gasteiger partial charge in [0.05, 0.1) is 10.6 Å². The van der Waals surface area contributed by atoms with Gasteiger partial charge in [0.15, 0.2) is 5.13 Å². The average Bonchev–Trinajstić information content (AvgIpc) is 3.24. The molecule has 0 bridgehead atoms. The Morgan fingerprint density at radius 1 is 1.17 bits per heavy atom. The summed E-state index contributed by atoms with van der Waals surface area (Å²) in [5.41, 5.74) is 3.23. The minimum atomic E-state index is 0.0339. The van der Waals surface area contributed by atoms with Crippen LogP contribution in [-0.4, -0.2) is 17.4 Å². The normalized spacial score (nSPS) is 10.7. The van der Waals surface area contributed by atoms with Crippen molar-refractivity contribution < 1.29 is 4.79 Å². The van der Waals surface area contributed by atoms with Crippen LogP contribution in [0.3, 0.4) is 0 Å². The quantitative estimate of drug-likeness (QED) is 0.635. The van der Waals surface area contributed by atoms with Crippen LogP contribution < -0.4 is 4.90 Å². The van der Waals surface area contributed by atoms with Crippen molar-refractivity contribution in [2.75, 3.05) is 11.4 Å². The summed E-state index contributed by atoms with van der Waals surface area (Å²) >= 11 is 2.99. The van der Waals surface area contributed by atoms with Gasteiger partial charge in [0.1, 0.15) is 0 Å². The Morgan fingerprint density at radius 2 is 1.96 bits per heavy atom. The fourth-order valence-electron chi connectivity index (χ4n) is 2.29. The number of thiazole rings is 1. The molecule has 5 heteroatoms. The van der Waals surface area contributed by atoms with E-state index in [-0.39, 0.29) is 5.91 Å². The zero-order chi connectivity index (χ0) is 16.2. The molecule has 0 spiro atoms. The summed E-state index contributed by atoms with van der Waals surface area (Å²) in [5, 5.41) is 4.71. The number of aryl methyl sites for hydroxylation is 1. The van der Waals surface area contributed by atoms with Gasteiger partial charge >= 0.3 is 0 Å². The van der Waals surface area contributed by atoms with E-state index in [4.69, 9.17) is 0 Å². The lowest BCUT2D eigenvalue weighted by Gasteiger charge is -2.18. The number of aromatic nitrogens is 1. The van der Waals surface area contributed by atoms with Crippen LogP contribution in [0.25, 0.3) is 11.3 Å². The standard InChI is InChI=1S/C18H18N2OS2/c1-3-10-20(17(21)16-5-4-11-22-16)18-19-15(12-23-18)14-8-6-13(2)7-9-14/h4-9,11-12H,3,10H2,1-2H3. The molecule has 3 rings (SSSR count). The Balaban J connectivity index is 1.89. The molecule has 1 aromatic carbocycles. The maximum Gasteiger partial charge on any atom is 0.270 e. The fourth-order valence-corrected chi connectivity index (χ4v) is 3.82. The summed E-state index contributed by atoms with van der Waals surface area (Å²) in [5.74, 6) is 0.0339. The molecule has 0 N–H and O–H groups in total. The third kappa shape index (κ3) is 3.51. The molecule has 2 aromatic heterocycles. The molecule has 0 saturated carbocycles. The van der Waals surface area contributed by atoms with E-state index in [1.54, 1.807) is 4.90 Å². The molecule has 0 unspecified atom stereocenters. The number of nitrogens with zero attached hydrogens (tertiary/aromatic N) is 2. The predicted octanol–water partition coefficient (Wildman–Crippen LogP) is 5.24. The van der Waals surface area contributed by atoms with E-state index in [2.05, 4.69) is 43.1 Å². The Kier molecular flexibility index (Phi) is 4.88. The summed E-state index contributed by atoms with van der Waals surface area (Å²) in [6.07, 6.45) is 0.899. The SMILES string of the molecule is CCCN(C(=O)c1cccs1)c1nc(-c2ccc(C)cc2)cs1. The number of rotatable bonds is 5. The van der Waals surface area contributed by atoms with Crippen LogP contribution in [0, 0.1) is 6.92 Å². The maximum absolute atomic E-state index is 12.7. The highest BCUT2D eigenvalue weighted by Crippen LogP contribution is 2.29. The van der Waals surface area contributed by atoms with E-state index in [0.29, 0.717) is 6.54 Å². The summed E-state index contributed by atoms with van der Waals surface area (Å²) in [4.78, 5) is 19.9. The molecule has 1 amide bonds. The van der Waals surface area contributed by atoms with E-state index in [1.807, 2.05) is 22.9 Å². The largest absolute Gasteiger partial charge is 0.283 e. The maximum atomic E-state index is 12.7. The van der Waals surface area contributed by atoms with E-state index in [9.17, 15) is 4.79 Å². The molecule has 0 aliphatic carbocycles. The number of anilines is 1. The predicted molar refractivity (Wildman–Crippen MR) is 98.6 cm³/mol. The third-order valence-electron chi connectivity index (χ3n) is 3.49. The lowest BCUT2D eigenvalue weighted by molar-refractivity contribution is 0.0991. The Morgan fingerprint density at radius 3 is 2.61 bits per heavy atom. The van der Waals surface area contributed by atoms with Crippen LogP contribution >= 0.6 is 22.7 Å². The molecular weight excluding hydrogens is 324 g/mol. The zero-order valence-electron chi connectivity index (χ0n) is 13.2. The van der Waals surface area contributed by atoms with Crippen molar-refractivity contribution in [3.05, 3.63) is 57.6 Å². The molecule has 0 atom stereocenters. The second-order valence-electron chi connectivity index (χ2n) is 5.32. The van der Waals surface area contributed by atoms with E-state index in [1.165, 1.54) is 28.2 Å². The zero-order valence-corrected chi connectivity index (χ0v) is 14.8. The van der Waals surface area contributed by atoms with Crippen LogP contribution in [0.1, 0.15) is 28.6 Å². The molecule has 0 fully saturated rings. The van der Waals surface area contributed by atoms with Crippen molar-refractivity contribution in [1.82, 2.24) is 4.98 Å². The number of carbonyl (C=O) groups excluding carboxylic acids is 1. The highest BCUT2D eigenvalue weighted by molar-refractivity contribution is 7.14.